The third-order valence-electron chi connectivity index (χ3n) is 5.32. The number of cyclic esters (lactones) is 1. The Morgan fingerprint density at radius 3 is 2.47 bits per heavy atom. The Labute approximate surface area is 179 Å². The van der Waals surface area contributed by atoms with Crippen molar-refractivity contribution >= 4 is 26.3 Å². The van der Waals surface area contributed by atoms with Gasteiger partial charge in [-0.3, -0.25) is 0 Å². The third-order valence-corrected chi connectivity index (χ3v) is 9.75. The van der Waals surface area contributed by atoms with E-state index in [-0.39, 0.29) is 17.2 Å². The van der Waals surface area contributed by atoms with E-state index in [1.807, 2.05) is 70.3 Å². The number of rotatable bonds is 8. The number of hydrogen-bond donors (Lipinski definition) is 1. The number of esters is 2. The van der Waals surface area contributed by atoms with Crippen molar-refractivity contribution in [1.29, 1.82) is 0 Å². The van der Waals surface area contributed by atoms with Crippen molar-refractivity contribution in [1.82, 2.24) is 0 Å². The summed E-state index contributed by atoms with van der Waals surface area (Å²) in [5.74, 6) is -3.56. The summed E-state index contributed by atoms with van der Waals surface area (Å²) >= 11 is 0. The highest BCUT2D eigenvalue weighted by Crippen LogP contribution is 2.40. The number of carbonyl (C=O) groups is 2. The number of carbonyl (C=O) groups excluding carboxylic acids is 2. The van der Waals surface area contributed by atoms with Crippen molar-refractivity contribution < 1.29 is 28.6 Å². The topological polar surface area (TPSA) is 82.1 Å². The van der Waals surface area contributed by atoms with Crippen LogP contribution >= 0.6 is 0 Å². The Morgan fingerprint density at radius 2 is 1.93 bits per heavy atom. The predicted molar refractivity (Wildman–Crippen MR) is 118 cm³/mol. The zero-order valence-electron chi connectivity index (χ0n) is 18.2. The van der Waals surface area contributed by atoms with Gasteiger partial charge in [0.1, 0.15) is 12.7 Å². The Balaban J connectivity index is 2.13. The van der Waals surface area contributed by atoms with Crippen molar-refractivity contribution in [3.05, 3.63) is 66.3 Å². The maximum absolute atomic E-state index is 12.6. The molecule has 1 aliphatic heterocycles. The maximum Gasteiger partial charge on any atom is 0.336 e. The lowest BCUT2D eigenvalue weighted by atomic mass is 10.0. The lowest BCUT2D eigenvalue weighted by Crippen LogP contribution is -2.54. The first-order valence-electron chi connectivity index (χ1n) is 9.76. The van der Waals surface area contributed by atoms with Gasteiger partial charge in [0.25, 0.3) is 5.79 Å². The minimum atomic E-state index is -2.46. The molecule has 0 bridgehead atoms. The van der Waals surface area contributed by atoms with E-state index in [2.05, 4.69) is 6.58 Å². The first-order valence-corrected chi connectivity index (χ1v) is 12.7. The largest absolute Gasteiger partial charge is 0.458 e. The van der Waals surface area contributed by atoms with Crippen molar-refractivity contribution in [3.8, 4) is 0 Å². The van der Waals surface area contributed by atoms with Crippen LogP contribution in [0, 0.1) is 0 Å². The summed E-state index contributed by atoms with van der Waals surface area (Å²) in [6, 6.07) is 9.59. The molecule has 1 aliphatic rings. The number of benzene rings is 1. The first kappa shape index (κ1) is 23.8. The standard InChI is InChI=1S/C23H30O6Si/c1-17(21(25)27-16-10-13-18-11-8-7-9-12-18)20(23(26)15-14-19(24)28-23)29-30(5,6)22(2,3)4/h7-15,20,26H,1,16H2,2-6H3/b13-10+. The summed E-state index contributed by atoms with van der Waals surface area (Å²) in [7, 11) is -2.46. The van der Waals surface area contributed by atoms with Crippen LogP contribution in [0.1, 0.15) is 26.3 Å². The molecule has 0 aliphatic carbocycles. The molecule has 6 nitrogen and oxygen atoms in total. The summed E-state index contributed by atoms with van der Waals surface area (Å²) in [5.41, 5.74) is 0.860. The van der Waals surface area contributed by atoms with Crippen molar-refractivity contribution in [2.24, 2.45) is 0 Å². The van der Waals surface area contributed by atoms with Gasteiger partial charge in [0, 0.05) is 6.08 Å². The molecule has 0 amide bonds. The van der Waals surface area contributed by atoms with Crippen LogP contribution < -0.4 is 0 Å². The molecular formula is C23H30O6Si. The molecule has 162 valence electrons. The fourth-order valence-electron chi connectivity index (χ4n) is 2.51. The molecule has 1 heterocycles. The van der Waals surface area contributed by atoms with Crippen molar-refractivity contribution in [2.45, 2.75) is 50.8 Å². The third kappa shape index (κ3) is 5.78. The van der Waals surface area contributed by atoms with Crippen LogP contribution in [0.3, 0.4) is 0 Å². The number of ether oxygens (including phenoxy) is 2. The molecule has 1 aromatic rings. The molecule has 0 fully saturated rings. The second-order valence-corrected chi connectivity index (χ2v) is 13.5. The Hall–Kier alpha value is -2.48. The average molecular weight is 431 g/mol. The molecule has 7 heteroatoms. The number of aliphatic hydroxyl groups is 1. The second kappa shape index (κ2) is 9.12. The zero-order chi connectivity index (χ0) is 22.6. The summed E-state index contributed by atoms with van der Waals surface area (Å²) in [6.07, 6.45) is 4.54. The van der Waals surface area contributed by atoms with Crippen LogP contribution in [-0.2, 0) is 23.5 Å². The maximum atomic E-state index is 12.6. The van der Waals surface area contributed by atoms with E-state index in [1.54, 1.807) is 6.08 Å². The van der Waals surface area contributed by atoms with Crippen LogP contribution in [0.4, 0.5) is 0 Å². The molecule has 1 aromatic carbocycles. The monoisotopic (exact) mass is 430 g/mol. The van der Waals surface area contributed by atoms with Gasteiger partial charge in [-0.2, -0.15) is 0 Å². The van der Waals surface area contributed by atoms with Gasteiger partial charge in [0.15, 0.2) is 8.32 Å². The van der Waals surface area contributed by atoms with Crippen molar-refractivity contribution in [3.63, 3.8) is 0 Å². The Bertz CT molecular complexity index is 850. The average Bonchev–Trinajstić information content (AvgIpc) is 3.02. The fraction of sp³-hybridized carbons (Fsp3) is 0.391. The van der Waals surface area contributed by atoms with Gasteiger partial charge in [0.05, 0.1) is 5.57 Å². The van der Waals surface area contributed by atoms with E-state index in [4.69, 9.17) is 13.9 Å². The quantitative estimate of drug-likeness (QED) is 0.381. The van der Waals surface area contributed by atoms with Gasteiger partial charge in [-0.25, -0.2) is 9.59 Å². The van der Waals surface area contributed by atoms with Crippen LogP contribution in [0.25, 0.3) is 6.08 Å². The van der Waals surface area contributed by atoms with Gasteiger partial charge in [-0.15, -0.1) is 0 Å². The highest BCUT2D eigenvalue weighted by molar-refractivity contribution is 6.74. The molecule has 0 spiro atoms. The lowest BCUT2D eigenvalue weighted by molar-refractivity contribution is -0.203. The lowest BCUT2D eigenvalue weighted by Gasteiger charge is -2.42. The number of hydrogen-bond acceptors (Lipinski definition) is 6. The van der Waals surface area contributed by atoms with Gasteiger partial charge < -0.3 is 19.0 Å². The second-order valence-electron chi connectivity index (χ2n) is 8.70. The predicted octanol–water partition coefficient (Wildman–Crippen LogP) is 3.99. The van der Waals surface area contributed by atoms with E-state index in [9.17, 15) is 14.7 Å². The van der Waals surface area contributed by atoms with E-state index < -0.39 is 32.1 Å². The van der Waals surface area contributed by atoms with Gasteiger partial charge in [-0.1, -0.05) is 63.8 Å². The van der Waals surface area contributed by atoms with E-state index in [0.717, 1.165) is 11.6 Å². The zero-order valence-corrected chi connectivity index (χ0v) is 19.2. The highest BCUT2D eigenvalue weighted by atomic mass is 28.4. The minimum Gasteiger partial charge on any atom is -0.458 e. The van der Waals surface area contributed by atoms with Crippen LogP contribution in [0.2, 0.25) is 18.1 Å². The molecule has 0 radical (unpaired) electrons. The van der Waals surface area contributed by atoms with Crippen molar-refractivity contribution in [2.75, 3.05) is 6.61 Å². The highest BCUT2D eigenvalue weighted by Gasteiger charge is 2.51. The summed E-state index contributed by atoms with van der Waals surface area (Å²) in [6.45, 7) is 13.8. The molecule has 0 saturated carbocycles. The SMILES string of the molecule is C=C(C(=O)OC/C=C/c1ccccc1)C(O[Si](C)(C)C(C)(C)C)C1(O)C=CC(=O)O1. The molecule has 30 heavy (non-hydrogen) atoms. The Morgan fingerprint density at radius 1 is 1.30 bits per heavy atom. The molecule has 2 atom stereocenters. The van der Waals surface area contributed by atoms with Crippen LogP contribution in [0.5, 0.6) is 0 Å². The minimum absolute atomic E-state index is 0.0214. The van der Waals surface area contributed by atoms with E-state index in [0.29, 0.717) is 0 Å². The summed E-state index contributed by atoms with van der Waals surface area (Å²) in [4.78, 5) is 24.2. The van der Waals surface area contributed by atoms with Gasteiger partial charge in [0.2, 0.25) is 0 Å². The van der Waals surface area contributed by atoms with E-state index in [1.165, 1.54) is 6.08 Å². The molecule has 0 aromatic heterocycles. The fourth-order valence-corrected chi connectivity index (χ4v) is 3.76. The normalized spacial score (nSPS) is 20.3. The molecular weight excluding hydrogens is 400 g/mol. The molecule has 1 N–H and O–H groups in total. The van der Waals surface area contributed by atoms with E-state index >= 15 is 0 Å². The Kier molecular flexibility index (Phi) is 7.23. The van der Waals surface area contributed by atoms with Gasteiger partial charge in [-0.05, 0) is 35.8 Å². The molecule has 0 saturated heterocycles. The molecule has 2 unspecified atom stereocenters. The summed E-state index contributed by atoms with van der Waals surface area (Å²) < 4.78 is 16.6. The van der Waals surface area contributed by atoms with Crippen LogP contribution in [0.15, 0.2) is 60.7 Å². The van der Waals surface area contributed by atoms with Crippen LogP contribution in [-0.4, -0.2) is 43.9 Å². The smallest absolute Gasteiger partial charge is 0.336 e. The summed E-state index contributed by atoms with van der Waals surface area (Å²) in [5, 5.41) is 10.7. The molecule has 2 rings (SSSR count). The van der Waals surface area contributed by atoms with Gasteiger partial charge >= 0.3 is 11.9 Å². The first-order chi connectivity index (χ1) is 13.9.